The normalized spacial score (nSPS) is 18.7. The van der Waals surface area contributed by atoms with Gasteiger partial charge in [-0.05, 0) is 30.5 Å². The van der Waals surface area contributed by atoms with Crippen LogP contribution in [0.4, 0.5) is 5.69 Å². The first-order valence-electron chi connectivity index (χ1n) is 14.2. The van der Waals surface area contributed by atoms with E-state index >= 15 is 0 Å². The van der Waals surface area contributed by atoms with Gasteiger partial charge in [0, 0.05) is 42.0 Å². The summed E-state index contributed by atoms with van der Waals surface area (Å²) >= 11 is 3.35. The van der Waals surface area contributed by atoms with Gasteiger partial charge in [0.05, 0.1) is 18.8 Å². The molecule has 0 bridgehead atoms. The van der Waals surface area contributed by atoms with Crippen molar-refractivity contribution in [1.82, 2.24) is 5.48 Å². The number of aliphatic imine (C=N–C) groups is 1. The fourth-order valence-corrected chi connectivity index (χ4v) is 6.22. The molecule has 10 heteroatoms. The van der Waals surface area contributed by atoms with Gasteiger partial charge >= 0.3 is 0 Å². The van der Waals surface area contributed by atoms with Crippen LogP contribution in [0, 0.1) is 0 Å². The van der Waals surface area contributed by atoms with Gasteiger partial charge in [-0.15, -0.1) is 13.2 Å². The molecule has 0 spiro atoms. The van der Waals surface area contributed by atoms with Crippen molar-refractivity contribution in [3.8, 4) is 0 Å². The zero-order valence-corrected chi connectivity index (χ0v) is 25.5. The van der Waals surface area contributed by atoms with Gasteiger partial charge in [-0.25, -0.2) is 5.48 Å². The van der Waals surface area contributed by atoms with Gasteiger partial charge in [0.25, 0.3) is 0 Å². The maximum absolute atomic E-state index is 12.4. The quantitative estimate of drug-likeness (QED) is 0.0460. The van der Waals surface area contributed by atoms with E-state index < -0.39 is 6.29 Å². The van der Waals surface area contributed by atoms with E-state index in [2.05, 4.69) is 23.5 Å². The fourth-order valence-electron chi connectivity index (χ4n) is 4.35. The highest BCUT2D eigenvalue weighted by Crippen LogP contribution is 2.39. The Morgan fingerprint density at radius 1 is 0.905 bits per heavy atom. The highest BCUT2D eigenvalue weighted by molar-refractivity contribution is 8.38. The molecule has 1 saturated heterocycles. The van der Waals surface area contributed by atoms with E-state index in [-0.39, 0.29) is 30.4 Å². The first kappa shape index (κ1) is 33.6. The Kier molecular flexibility index (Phi) is 15.5. The van der Waals surface area contributed by atoms with Crippen LogP contribution in [0.1, 0.15) is 68.5 Å². The molecule has 1 fully saturated rings. The average molecular weight is 612 g/mol. The molecular formula is C32H41N3O5S2. The number of hydrogen-bond acceptors (Lipinski definition) is 8. The van der Waals surface area contributed by atoms with Crippen LogP contribution < -0.4 is 10.8 Å². The number of ether oxygens (including phenoxy) is 2. The number of carbonyl (C=O) groups excluding carboxylic acids is 2. The zero-order valence-electron chi connectivity index (χ0n) is 23.9. The van der Waals surface area contributed by atoms with Crippen molar-refractivity contribution >= 4 is 45.4 Å². The minimum absolute atomic E-state index is 0.0392. The lowest BCUT2D eigenvalue weighted by Crippen LogP contribution is -2.31. The number of nitrogens with one attached hydrogen (secondary N) is 2. The van der Waals surface area contributed by atoms with E-state index in [9.17, 15) is 9.59 Å². The molecule has 1 aliphatic rings. The first-order chi connectivity index (χ1) is 20.5. The molecule has 3 atom stereocenters. The molecule has 0 aromatic heterocycles. The van der Waals surface area contributed by atoms with Crippen molar-refractivity contribution in [2.45, 2.75) is 63.4 Å². The maximum atomic E-state index is 12.4. The molecule has 42 heavy (non-hydrogen) atoms. The van der Waals surface area contributed by atoms with E-state index in [0.717, 1.165) is 52.0 Å². The third-order valence-electron chi connectivity index (χ3n) is 6.47. The number of benzene rings is 2. The Morgan fingerprint density at radius 3 is 2.29 bits per heavy atom. The summed E-state index contributed by atoms with van der Waals surface area (Å²) in [6.45, 7) is 8.16. The van der Waals surface area contributed by atoms with Gasteiger partial charge < -0.3 is 14.8 Å². The number of nitrogens with zero attached hydrogens (tertiary/aromatic N) is 1. The van der Waals surface area contributed by atoms with Crippen molar-refractivity contribution in [1.29, 1.82) is 0 Å². The largest absolute Gasteiger partial charge is 0.344 e. The zero-order chi connectivity index (χ0) is 30.0. The molecule has 226 valence electrons. The number of anilines is 1. The molecule has 0 saturated carbocycles. The Hall–Kier alpha value is -2.89. The van der Waals surface area contributed by atoms with Gasteiger partial charge in [-0.2, -0.15) is 0 Å². The molecule has 1 heterocycles. The molecule has 3 N–H and O–H groups in total. The Bertz CT molecular complexity index is 1160. The second-order valence-corrected chi connectivity index (χ2v) is 12.1. The molecule has 2 amide bonds. The number of amides is 2. The fraction of sp³-hybridized carbons (Fsp3) is 0.406. The molecule has 3 unspecified atom stereocenters. The number of thioether (sulfide) groups is 2. The SMILES string of the molecule is C=CCN=C(SCC=C)SCC1CC(c2ccc(NC(=O)CCCCCCC(=O)NO)cc2)OC(c2ccccc2)O1. The summed E-state index contributed by atoms with van der Waals surface area (Å²) < 4.78 is 13.8. The summed E-state index contributed by atoms with van der Waals surface area (Å²) in [6.07, 6.45) is 7.48. The highest BCUT2D eigenvalue weighted by Gasteiger charge is 2.32. The molecule has 8 nitrogen and oxygen atoms in total. The van der Waals surface area contributed by atoms with E-state index in [0.29, 0.717) is 25.8 Å². The molecule has 3 rings (SSSR count). The third-order valence-corrected chi connectivity index (χ3v) is 8.87. The van der Waals surface area contributed by atoms with Crippen LogP contribution in [-0.4, -0.2) is 45.6 Å². The summed E-state index contributed by atoms with van der Waals surface area (Å²) in [5, 5.41) is 11.5. The van der Waals surface area contributed by atoms with Crippen molar-refractivity contribution in [3.05, 3.63) is 91.0 Å². The molecular weight excluding hydrogens is 571 g/mol. The van der Waals surface area contributed by atoms with E-state index in [1.54, 1.807) is 35.1 Å². The number of carbonyl (C=O) groups is 2. The van der Waals surface area contributed by atoms with Crippen molar-refractivity contribution in [2.24, 2.45) is 4.99 Å². The van der Waals surface area contributed by atoms with Crippen LogP contribution in [-0.2, 0) is 19.1 Å². The van der Waals surface area contributed by atoms with Crippen LogP contribution >= 0.6 is 23.5 Å². The molecule has 0 radical (unpaired) electrons. The molecule has 2 aromatic carbocycles. The number of rotatable bonds is 16. The smallest absolute Gasteiger partial charge is 0.243 e. The summed E-state index contributed by atoms with van der Waals surface area (Å²) in [6, 6.07) is 17.8. The standard InChI is InChI=1S/C32H41N3O5S2/c1-3-20-33-32(41-21-4-2)42-23-27-22-28(40-31(39-27)25-12-8-7-9-13-25)24-16-18-26(19-17-24)34-29(36)14-10-5-6-11-15-30(37)35-38/h3-4,7-9,12-13,16-19,27-28,31,38H,1-2,5-6,10-11,14-15,20-23H2,(H,34,36)(H,35,37). The van der Waals surface area contributed by atoms with Gasteiger partial charge in [0.2, 0.25) is 11.8 Å². The Morgan fingerprint density at radius 2 is 1.62 bits per heavy atom. The van der Waals surface area contributed by atoms with E-state index in [1.807, 2.05) is 60.7 Å². The van der Waals surface area contributed by atoms with Gasteiger partial charge in [-0.3, -0.25) is 19.8 Å². The Labute approximate surface area is 257 Å². The number of unbranched alkanes of at least 4 members (excludes halogenated alkanes) is 3. The van der Waals surface area contributed by atoms with Crippen LogP contribution in [0.5, 0.6) is 0 Å². The molecule has 0 aliphatic carbocycles. The minimum atomic E-state index is -0.484. The summed E-state index contributed by atoms with van der Waals surface area (Å²) in [5.74, 6) is 1.11. The van der Waals surface area contributed by atoms with Gasteiger partial charge in [-0.1, -0.05) is 91.0 Å². The van der Waals surface area contributed by atoms with Gasteiger partial charge in [0.1, 0.15) is 4.38 Å². The predicted octanol–water partition coefficient (Wildman–Crippen LogP) is 7.21. The van der Waals surface area contributed by atoms with E-state index in [1.165, 1.54) is 0 Å². The van der Waals surface area contributed by atoms with Crippen molar-refractivity contribution in [3.63, 3.8) is 0 Å². The Balaban J connectivity index is 1.57. The second-order valence-electron chi connectivity index (χ2n) is 9.79. The topological polar surface area (TPSA) is 109 Å². The maximum Gasteiger partial charge on any atom is 0.243 e. The monoisotopic (exact) mass is 611 g/mol. The number of hydroxylamine groups is 1. The molecule has 2 aromatic rings. The average Bonchev–Trinajstić information content (AvgIpc) is 3.02. The lowest BCUT2D eigenvalue weighted by atomic mass is 10.0. The van der Waals surface area contributed by atoms with E-state index in [4.69, 9.17) is 14.7 Å². The van der Waals surface area contributed by atoms with Crippen molar-refractivity contribution in [2.75, 3.05) is 23.4 Å². The minimum Gasteiger partial charge on any atom is -0.344 e. The molecule has 1 aliphatic heterocycles. The summed E-state index contributed by atoms with van der Waals surface area (Å²) in [7, 11) is 0. The first-order valence-corrected chi connectivity index (χ1v) is 16.2. The second kappa shape index (κ2) is 19.3. The lowest BCUT2D eigenvalue weighted by Gasteiger charge is -2.36. The van der Waals surface area contributed by atoms with Crippen LogP contribution in [0.2, 0.25) is 0 Å². The predicted molar refractivity (Wildman–Crippen MR) is 173 cm³/mol. The van der Waals surface area contributed by atoms with Gasteiger partial charge in [0.15, 0.2) is 6.29 Å². The van der Waals surface area contributed by atoms with Crippen molar-refractivity contribution < 1.29 is 24.3 Å². The number of hydrogen-bond donors (Lipinski definition) is 3. The van der Waals surface area contributed by atoms with Crippen LogP contribution in [0.15, 0.2) is 84.9 Å². The summed E-state index contributed by atoms with van der Waals surface area (Å²) in [5.41, 5.74) is 4.37. The highest BCUT2D eigenvalue weighted by atomic mass is 32.2. The lowest BCUT2D eigenvalue weighted by molar-refractivity contribution is -0.245. The third kappa shape index (κ3) is 12.1. The van der Waals surface area contributed by atoms with Crippen LogP contribution in [0.25, 0.3) is 0 Å². The summed E-state index contributed by atoms with van der Waals surface area (Å²) in [4.78, 5) is 28.1. The van der Waals surface area contributed by atoms with Crippen LogP contribution in [0.3, 0.4) is 0 Å².